The number of hydrogen-bond acceptors (Lipinski definition) is 4. The van der Waals surface area contributed by atoms with Crippen LogP contribution < -0.4 is 11.1 Å². The van der Waals surface area contributed by atoms with Crippen LogP contribution in [-0.2, 0) is 4.74 Å². The minimum atomic E-state index is 0.0912. The van der Waals surface area contributed by atoms with Gasteiger partial charge in [0.15, 0.2) is 0 Å². The van der Waals surface area contributed by atoms with Crippen LogP contribution in [0.15, 0.2) is 24.3 Å². The molecule has 0 amide bonds. The highest BCUT2D eigenvalue weighted by atomic mass is 16.5. The monoisotopic (exact) mass is 217 g/mol. The van der Waals surface area contributed by atoms with Crippen LogP contribution in [0.25, 0.3) is 0 Å². The quantitative estimate of drug-likeness (QED) is 0.787. The van der Waals surface area contributed by atoms with Crippen molar-refractivity contribution in [2.45, 2.75) is 0 Å². The van der Waals surface area contributed by atoms with Crippen molar-refractivity contribution >= 4 is 5.69 Å². The van der Waals surface area contributed by atoms with E-state index in [0.717, 1.165) is 25.4 Å². The van der Waals surface area contributed by atoms with Crippen LogP contribution in [-0.4, -0.2) is 26.3 Å². The number of hydrogen-bond donors (Lipinski definition) is 2. The van der Waals surface area contributed by atoms with E-state index in [2.05, 4.69) is 11.4 Å². The second-order valence-electron chi connectivity index (χ2n) is 4.24. The average molecular weight is 217 g/mol. The highest BCUT2D eigenvalue weighted by Gasteiger charge is 2.36. The second kappa shape index (κ2) is 4.52. The molecule has 4 heteroatoms. The summed E-state index contributed by atoms with van der Waals surface area (Å²) in [6.07, 6.45) is 0. The summed E-state index contributed by atoms with van der Waals surface area (Å²) in [6, 6.07) is 9.50. The Labute approximate surface area is 95.0 Å². The molecule has 0 aliphatic carbocycles. The van der Waals surface area contributed by atoms with E-state index in [4.69, 9.17) is 15.7 Å². The molecular formula is C12H15N3O. The van der Waals surface area contributed by atoms with Gasteiger partial charge in [-0.3, -0.25) is 0 Å². The van der Waals surface area contributed by atoms with Gasteiger partial charge in [-0.1, -0.05) is 0 Å². The average Bonchev–Trinajstić information content (AvgIpc) is 2.29. The van der Waals surface area contributed by atoms with Crippen molar-refractivity contribution in [3.05, 3.63) is 29.8 Å². The van der Waals surface area contributed by atoms with Crippen LogP contribution >= 0.6 is 0 Å². The number of nitrogens with one attached hydrogen (secondary N) is 1. The third-order valence-electron chi connectivity index (χ3n) is 2.93. The molecule has 4 nitrogen and oxygen atoms in total. The fourth-order valence-electron chi connectivity index (χ4n) is 1.63. The number of rotatable bonds is 4. The lowest BCUT2D eigenvalue weighted by atomic mass is 9.86. The van der Waals surface area contributed by atoms with E-state index in [1.807, 2.05) is 12.1 Å². The van der Waals surface area contributed by atoms with Crippen molar-refractivity contribution in [1.29, 1.82) is 5.26 Å². The van der Waals surface area contributed by atoms with E-state index in [-0.39, 0.29) is 5.41 Å². The SMILES string of the molecule is N#Cc1ccc(NCC2(CN)COC2)cc1. The van der Waals surface area contributed by atoms with Crippen LogP contribution in [0.2, 0.25) is 0 Å². The molecule has 1 fully saturated rings. The molecule has 0 spiro atoms. The molecule has 1 aliphatic heterocycles. The molecule has 0 saturated carbocycles. The zero-order valence-corrected chi connectivity index (χ0v) is 9.07. The van der Waals surface area contributed by atoms with Gasteiger partial charge in [-0.2, -0.15) is 5.26 Å². The van der Waals surface area contributed by atoms with E-state index in [1.54, 1.807) is 12.1 Å². The Hall–Kier alpha value is -1.57. The Morgan fingerprint density at radius 2 is 2.06 bits per heavy atom. The highest BCUT2D eigenvalue weighted by molar-refractivity contribution is 5.47. The van der Waals surface area contributed by atoms with Crippen LogP contribution in [0.1, 0.15) is 5.56 Å². The molecule has 16 heavy (non-hydrogen) atoms. The summed E-state index contributed by atoms with van der Waals surface area (Å²) in [5, 5.41) is 12.0. The number of nitrogens with zero attached hydrogens (tertiary/aromatic N) is 1. The summed E-state index contributed by atoms with van der Waals surface area (Å²) < 4.78 is 5.19. The van der Waals surface area contributed by atoms with Gasteiger partial charge < -0.3 is 15.8 Å². The van der Waals surface area contributed by atoms with Gasteiger partial charge in [-0.05, 0) is 24.3 Å². The Morgan fingerprint density at radius 3 is 2.50 bits per heavy atom. The summed E-state index contributed by atoms with van der Waals surface area (Å²) in [5.74, 6) is 0. The van der Waals surface area contributed by atoms with Crippen LogP contribution in [0.5, 0.6) is 0 Å². The summed E-state index contributed by atoms with van der Waals surface area (Å²) in [5.41, 5.74) is 7.49. The third-order valence-corrected chi connectivity index (χ3v) is 2.93. The predicted molar refractivity (Wildman–Crippen MR) is 62.0 cm³/mol. The summed E-state index contributed by atoms with van der Waals surface area (Å²) in [4.78, 5) is 0. The highest BCUT2D eigenvalue weighted by Crippen LogP contribution is 2.26. The molecule has 2 rings (SSSR count). The fourth-order valence-corrected chi connectivity index (χ4v) is 1.63. The molecule has 0 radical (unpaired) electrons. The van der Waals surface area contributed by atoms with Crippen molar-refractivity contribution in [1.82, 2.24) is 0 Å². The van der Waals surface area contributed by atoms with Gasteiger partial charge in [-0.15, -0.1) is 0 Å². The lowest BCUT2D eigenvalue weighted by Gasteiger charge is -2.40. The molecule has 1 aromatic carbocycles. The van der Waals surface area contributed by atoms with Gasteiger partial charge in [-0.25, -0.2) is 0 Å². The first-order valence-corrected chi connectivity index (χ1v) is 5.30. The van der Waals surface area contributed by atoms with Crippen molar-refractivity contribution < 1.29 is 4.74 Å². The summed E-state index contributed by atoms with van der Waals surface area (Å²) >= 11 is 0. The lowest BCUT2D eigenvalue weighted by Crippen LogP contribution is -2.52. The molecule has 84 valence electrons. The topological polar surface area (TPSA) is 71.1 Å². The van der Waals surface area contributed by atoms with Gasteiger partial charge in [0.2, 0.25) is 0 Å². The molecule has 0 bridgehead atoms. The van der Waals surface area contributed by atoms with Gasteiger partial charge in [0.05, 0.1) is 24.8 Å². The number of nitriles is 1. The Bertz CT molecular complexity index is 384. The second-order valence-corrected chi connectivity index (χ2v) is 4.24. The maximum absolute atomic E-state index is 8.67. The number of nitrogens with two attached hydrogens (primary N) is 1. The zero-order valence-electron chi connectivity index (χ0n) is 9.07. The molecule has 1 heterocycles. The molecule has 0 atom stereocenters. The first-order valence-electron chi connectivity index (χ1n) is 5.30. The number of benzene rings is 1. The van der Waals surface area contributed by atoms with Crippen molar-refractivity contribution in [3.8, 4) is 6.07 Å². The molecular weight excluding hydrogens is 202 g/mol. The molecule has 0 unspecified atom stereocenters. The number of anilines is 1. The first-order chi connectivity index (χ1) is 7.78. The molecule has 0 aromatic heterocycles. The Kier molecular flexibility index (Phi) is 3.09. The minimum absolute atomic E-state index is 0.0912. The van der Waals surface area contributed by atoms with Gasteiger partial charge in [0, 0.05) is 24.2 Å². The standard InChI is InChI=1S/C12H15N3O/c13-5-10-1-3-11(4-2-10)15-7-12(6-14)8-16-9-12/h1-4,15H,6-9,14H2. The third kappa shape index (κ3) is 2.16. The zero-order chi connectivity index (χ0) is 11.4. The van der Waals surface area contributed by atoms with E-state index in [9.17, 15) is 0 Å². The normalized spacial score (nSPS) is 17.2. The molecule has 1 saturated heterocycles. The largest absolute Gasteiger partial charge is 0.384 e. The smallest absolute Gasteiger partial charge is 0.0991 e. The van der Waals surface area contributed by atoms with Crippen LogP contribution in [0.4, 0.5) is 5.69 Å². The van der Waals surface area contributed by atoms with Crippen LogP contribution in [0.3, 0.4) is 0 Å². The predicted octanol–water partition coefficient (Wildman–Crippen LogP) is 0.945. The van der Waals surface area contributed by atoms with E-state index in [0.29, 0.717) is 12.1 Å². The molecule has 1 aliphatic rings. The molecule has 1 aromatic rings. The van der Waals surface area contributed by atoms with Crippen molar-refractivity contribution in [3.63, 3.8) is 0 Å². The first kappa shape index (κ1) is 10.9. The van der Waals surface area contributed by atoms with Gasteiger partial charge in [0.25, 0.3) is 0 Å². The Morgan fingerprint density at radius 1 is 1.38 bits per heavy atom. The van der Waals surface area contributed by atoms with E-state index < -0.39 is 0 Å². The Balaban J connectivity index is 1.92. The summed E-state index contributed by atoms with van der Waals surface area (Å²) in [6.45, 7) is 2.91. The molecule has 3 N–H and O–H groups in total. The van der Waals surface area contributed by atoms with Crippen LogP contribution in [0, 0.1) is 16.7 Å². The fraction of sp³-hybridized carbons (Fsp3) is 0.417. The van der Waals surface area contributed by atoms with E-state index >= 15 is 0 Å². The van der Waals surface area contributed by atoms with Crippen molar-refractivity contribution in [2.24, 2.45) is 11.1 Å². The van der Waals surface area contributed by atoms with Crippen molar-refractivity contribution in [2.75, 3.05) is 31.6 Å². The van der Waals surface area contributed by atoms with Gasteiger partial charge in [0.1, 0.15) is 0 Å². The number of ether oxygens (including phenoxy) is 1. The minimum Gasteiger partial charge on any atom is -0.384 e. The summed E-state index contributed by atoms with van der Waals surface area (Å²) in [7, 11) is 0. The van der Waals surface area contributed by atoms with Gasteiger partial charge >= 0.3 is 0 Å². The lowest BCUT2D eigenvalue weighted by molar-refractivity contribution is -0.0979. The van der Waals surface area contributed by atoms with E-state index in [1.165, 1.54) is 0 Å². The maximum Gasteiger partial charge on any atom is 0.0991 e. The maximum atomic E-state index is 8.67.